The highest BCUT2D eigenvalue weighted by atomic mass is 32.1. The zero-order valence-electron chi connectivity index (χ0n) is 10.0. The van der Waals surface area contributed by atoms with Crippen LogP contribution in [-0.2, 0) is 6.54 Å². The second-order valence-corrected chi connectivity index (χ2v) is 5.49. The van der Waals surface area contributed by atoms with Crippen LogP contribution in [0.3, 0.4) is 0 Å². The van der Waals surface area contributed by atoms with Gasteiger partial charge in [-0.15, -0.1) is 11.3 Å². The molecule has 0 fully saturated rings. The number of rotatable bonds is 2. The highest BCUT2D eigenvalue weighted by Gasteiger charge is 2.27. The van der Waals surface area contributed by atoms with Gasteiger partial charge in [0.1, 0.15) is 0 Å². The zero-order chi connectivity index (χ0) is 12.7. The number of ketones is 1. The molecule has 0 aliphatic carbocycles. The van der Waals surface area contributed by atoms with Crippen LogP contribution in [0.25, 0.3) is 0 Å². The minimum Gasteiger partial charge on any atom is -0.341 e. The van der Waals surface area contributed by atoms with Crippen molar-refractivity contribution in [2.45, 2.75) is 25.8 Å². The summed E-state index contributed by atoms with van der Waals surface area (Å²) in [7, 11) is 0. The van der Waals surface area contributed by atoms with Gasteiger partial charge >= 0.3 is 0 Å². The minimum atomic E-state index is -0.0587. The molecule has 90 valence electrons. The molecule has 0 spiro atoms. The van der Waals surface area contributed by atoms with E-state index in [-0.39, 0.29) is 11.7 Å². The first-order valence-electron chi connectivity index (χ1n) is 5.89. The number of aromatic nitrogens is 1. The Morgan fingerprint density at radius 2 is 2.39 bits per heavy atom. The molecule has 1 aliphatic rings. The fourth-order valence-electron chi connectivity index (χ4n) is 2.45. The summed E-state index contributed by atoms with van der Waals surface area (Å²) in [4.78, 5) is 13.2. The molecule has 0 amide bonds. The molecule has 4 heteroatoms. The molecule has 2 aromatic heterocycles. The van der Waals surface area contributed by atoms with Crippen molar-refractivity contribution in [2.75, 3.05) is 0 Å². The first-order chi connectivity index (χ1) is 8.70. The molecule has 3 nitrogen and oxygen atoms in total. The predicted molar refractivity (Wildman–Crippen MR) is 69.9 cm³/mol. The van der Waals surface area contributed by atoms with Gasteiger partial charge in [-0.05, 0) is 42.5 Å². The monoisotopic (exact) mass is 256 g/mol. The number of nitrogens with zero attached hydrogens (tertiary/aromatic N) is 2. The van der Waals surface area contributed by atoms with Crippen LogP contribution in [-0.4, -0.2) is 10.4 Å². The number of thiophene rings is 1. The largest absolute Gasteiger partial charge is 0.341 e. The van der Waals surface area contributed by atoms with Gasteiger partial charge in [0, 0.05) is 12.2 Å². The minimum absolute atomic E-state index is 0.0587. The molecule has 1 unspecified atom stereocenters. The lowest BCUT2D eigenvalue weighted by Crippen LogP contribution is -2.07. The maximum Gasteiger partial charge on any atom is 0.219 e. The number of hydrogen-bond donors (Lipinski definition) is 0. The Morgan fingerprint density at radius 3 is 3.06 bits per heavy atom. The first kappa shape index (κ1) is 11.2. The Hall–Kier alpha value is -1.86. The Labute approximate surface area is 109 Å². The Balaban J connectivity index is 2.00. The molecular weight excluding hydrogens is 244 g/mol. The number of fused-ring (bicyclic) bond motifs is 1. The van der Waals surface area contributed by atoms with Gasteiger partial charge in [0.05, 0.1) is 22.6 Å². The summed E-state index contributed by atoms with van der Waals surface area (Å²) in [5.74, 6) is 0.00885. The smallest absolute Gasteiger partial charge is 0.219 e. The van der Waals surface area contributed by atoms with Gasteiger partial charge in [-0.1, -0.05) is 0 Å². The first-order valence-corrected chi connectivity index (χ1v) is 6.77. The van der Waals surface area contributed by atoms with Crippen molar-refractivity contribution in [1.82, 2.24) is 4.57 Å². The van der Waals surface area contributed by atoms with Crippen molar-refractivity contribution in [3.63, 3.8) is 0 Å². The molecule has 3 rings (SSSR count). The summed E-state index contributed by atoms with van der Waals surface area (Å²) in [5.41, 5.74) is 2.81. The van der Waals surface area contributed by atoms with E-state index < -0.39 is 0 Å². The number of hydrogen-bond acceptors (Lipinski definition) is 3. The van der Waals surface area contributed by atoms with Crippen LogP contribution in [0.2, 0.25) is 0 Å². The molecule has 0 saturated carbocycles. The van der Waals surface area contributed by atoms with Crippen LogP contribution >= 0.6 is 11.3 Å². The fraction of sp³-hybridized carbons (Fsp3) is 0.286. The average Bonchev–Trinajstić information content (AvgIpc) is 3.02. The second kappa shape index (κ2) is 4.11. The molecule has 0 bridgehead atoms. The van der Waals surface area contributed by atoms with Gasteiger partial charge in [0.25, 0.3) is 0 Å². The van der Waals surface area contributed by atoms with Gasteiger partial charge in [-0.2, -0.15) is 5.26 Å². The quantitative estimate of drug-likeness (QED) is 0.775. The van der Waals surface area contributed by atoms with Crippen molar-refractivity contribution < 1.29 is 4.79 Å². The zero-order valence-corrected chi connectivity index (χ0v) is 10.8. The number of aryl methyl sites for hydroxylation is 1. The van der Waals surface area contributed by atoms with Crippen LogP contribution in [0.15, 0.2) is 23.6 Å². The van der Waals surface area contributed by atoms with Crippen LogP contribution in [0, 0.1) is 18.3 Å². The van der Waals surface area contributed by atoms with Crippen LogP contribution in [0.5, 0.6) is 0 Å². The van der Waals surface area contributed by atoms with Gasteiger partial charge < -0.3 is 4.57 Å². The average molecular weight is 256 g/mol. The predicted octanol–water partition coefficient (Wildman–Crippen LogP) is 3.10. The molecular formula is C14H12N2OS. The van der Waals surface area contributed by atoms with Gasteiger partial charge in [0.2, 0.25) is 5.78 Å². The van der Waals surface area contributed by atoms with E-state index in [1.54, 1.807) is 0 Å². The Morgan fingerprint density at radius 1 is 1.56 bits per heavy atom. The highest BCUT2D eigenvalue weighted by molar-refractivity contribution is 7.12. The van der Waals surface area contributed by atoms with E-state index >= 15 is 0 Å². The molecule has 3 heterocycles. The van der Waals surface area contributed by atoms with E-state index in [0.717, 1.165) is 29.1 Å². The summed E-state index contributed by atoms with van der Waals surface area (Å²) in [5, 5.41) is 11.0. The summed E-state index contributed by atoms with van der Waals surface area (Å²) >= 11 is 1.48. The standard InChI is InChI=1S/C14H12N2OS/c1-9-6-13(18-8-9)14(17)12-3-2-11-10(7-15)4-5-16(11)12/h2-3,6,8,10H,4-5H2,1H3. The fourth-order valence-corrected chi connectivity index (χ4v) is 3.30. The third-order valence-corrected chi connectivity index (χ3v) is 4.40. The maximum atomic E-state index is 12.4. The second-order valence-electron chi connectivity index (χ2n) is 4.58. The normalized spacial score (nSPS) is 17.4. The van der Waals surface area contributed by atoms with Gasteiger partial charge in [-0.25, -0.2) is 0 Å². The molecule has 18 heavy (non-hydrogen) atoms. The van der Waals surface area contributed by atoms with Crippen molar-refractivity contribution in [2.24, 2.45) is 0 Å². The summed E-state index contributed by atoms with van der Waals surface area (Å²) in [6.45, 7) is 2.76. The third kappa shape index (κ3) is 1.59. The van der Waals surface area contributed by atoms with Crippen molar-refractivity contribution in [1.29, 1.82) is 5.26 Å². The van der Waals surface area contributed by atoms with Crippen LogP contribution in [0.1, 0.15) is 39.0 Å². The Bertz CT molecular complexity index is 660. The van der Waals surface area contributed by atoms with E-state index in [4.69, 9.17) is 5.26 Å². The van der Waals surface area contributed by atoms with Crippen molar-refractivity contribution >= 4 is 17.1 Å². The number of nitriles is 1. The molecule has 0 saturated heterocycles. The molecule has 1 atom stereocenters. The molecule has 0 radical (unpaired) electrons. The maximum absolute atomic E-state index is 12.4. The summed E-state index contributed by atoms with van der Waals surface area (Å²) < 4.78 is 1.99. The van der Waals surface area contributed by atoms with E-state index in [1.807, 2.05) is 35.1 Å². The van der Waals surface area contributed by atoms with Gasteiger partial charge in [0.15, 0.2) is 0 Å². The highest BCUT2D eigenvalue weighted by Crippen LogP contribution is 2.31. The SMILES string of the molecule is Cc1csc(C(=O)c2ccc3n2CCC3C#N)c1. The van der Waals surface area contributed by atoms with E-state index in [0.29, 0.717) is 5.69 Å². The lowest BCUT2D eigenvalue weighted by molar-refractivity contribution is 0.103. The molecule has 1 aliphatic heterocycles. The summed E-state index contributed by atoms with van der Waals surface area (Å²) in [6, 6.07) is 7.96. The Kier molecular flexibility index (Phi) is 2.57. The lowest BCUT2D eigenvalue weighted by atomic mass is 10.1. The lowest BCUT2D eigenvalue weighted by Gasteiger charge is -2.03. The van der Waals surface area contributed by atoms with E-state index in [1.165, 1.54) is 11.3 Å². The molecule has 0 aromatic carbocycles. The van der Waals surface area contributed by atoms with E-state index in [2.05, 4.69) is 6.07 Å². The number of carbonyl (C=O) groups is 1. The molecule has 2 aromatic rings. The summed E-state index contributed by atoms with van der Waals surface area (Å²) in [6.07, 6.45) is 0.816. The van der Waals surface area contributed by atoms with E-state index in [9.17, 15) is 4.79 Å². The molecule has 0 N–H and O–H groups in total. The van der Waals surface area contributed by atoms with Crippen LogP contribution in [0.4, 0.5) is 0 Å². The van der Waals surface area contributed by atoms with Crippen molar-refractivity contribution in [3.05, 3.63) is 45.4 Å². The van der Waals surface area contributed by atoms with Gasteiger partial charge in [-0.3, -0.25) is 4.79 Å². The third-order valence-electron chi connectivity index (χ3n) is 3.36. The topological polar surface area (TPSA) is 45.8 Å². The van der Waals surface area contributed by atoms with Crippen molar-refractivity contribution in [3.8, 4) is 6.07 Å². The van der Waals surface area contributed by atoms with Crippen LogP contribution < -0.4 is 0 Å². The number of carbonyl (C=O) groups excluding carboxylic acids is 1.